The number of aliphatic hydroxyl groups excluding tert-OH is 1. The van der Waals surface area contributed by atoms with E-state index in [0.29, 0.717) is 24.4 Å². The molecule has 0 aromatic carbocycles. The summed E-state index contributed by atoms with van der Waals surface area (Å²) >= 11 is 0. The second-order valence-electron chi connectivity index (χ2n) is 8.59. The zero-order chi connectivity index (χ0) is 22.7. The summed E-state index contributed by atoms with van der Waals surface area (Å²) in [5, 5.41) is 9.44. The molecule has 0 unspecified atom stereocenters. The van der Waals surface area contributed by atoms with Crippen LogP contribution in [0, 0.1) is 0 Å². The van der Waals surface area contributed by atoms with Crippen molar-refractivity contribution in [3.8, 4) is 0 Å². The van der Waals surface area contributed by atoms with Gasteiger partial charge in [0.05, 0.1) is 31.0 Å². The number of phosphoric ester groups is 1. The van der Waals surface area contributed by atoms with Crippen LogP contribution in [0.5, 0.6) is 0 Å². The Hall–Kier alpha value is -0.540. The van der Waals surface area contributed by atoms with Gasteiger partial charge in [-0.05, 0) is 19.3 Å². The molecule has 5 atom stereocenters. The normalized spacial score (nSPS) is 25.9. The van der Waals surface area contributed by atoms with Crippen LogP contribution in [-0.4, -0.2) is 64.6 Å². The Kier molecular flexibility index (Phi) is 12.0. The van der Waals surface area contributed by atoms with E-state index < -0.39 is 26.5 Å². The van der Waals surface area contributed by atoms with Gasteiger partial charge in [0.15, 0.2) is 0 Å². The van der Waals surface area contributed by atoms with Crippen molar-refractivity contribution in [2.24, 2.45) is 0 Å². The van der Waals surface area contributed by atoms with E-state index in [4.69, 9.17) is 24.0 Å². The molecule has 2 heterocycles. The highest BCUT2D eigenvalue weighted by Crippen LogP contribution is 2.39. The van der Waals surface area contributed by atoms with Crippen molar-refractivity contribution in [2.45, 2.75) is 114 Å². The second kappa shape index (κ2) is 13.9. The number of hydrogen-bond donors (Lipinski definition) is 3. The maximum absolute atomic E-state index is 11.6. The number of epoxide rings is 2. The third-order valence-corrected chi connectivity index (χ3v) is 6.16. The van der Waals surface area contributed by atoms with E-state index in [1.165, 1.54) is 25.7 Å². The minimum absolute atomic E-state index is 0.265. The molecule has 0 saturated carbocycles. The second-order valence-corrected chi connectivity index (χ2v) is 9.83. The largest absolute Gasteiger partial charge is 0.469 e. The van der Waals surface area contributed by atoms with Gasteiger partial charge in [0, 0.05) is 12.8 Å². The Balaban J connectivity index is 1.34. The Morgan fingerprint density at radius 1 is 0.903 bits per heavy atom. The summed E-state index contributed by atoms with van der Waals surface area (Å²) in [7, 11) is -4.63. The average Bonchev–Trinajstić information content (AvgIpc) is 3.62. The molecular weight excluding hydrogens is 427 g/mol. The van der Waals surface area contributed by atoms with Crippen LogP contribution in [0.15, 0.2) is 0 Å². The van der Waals surface area contributed by atoms with Gasteiger partial charge in [0.2, 0.25) is 0 Å². The lowest BCUT2D eigenvalue weighted by atomic mass is 10.0. The lowest BCUT2D eigenvalue weighted by molar-refractivity contribution is -0.147. The molecule has 0 amide bonds. The molecule has 0 radical (unpaired) electrons. The van der Waals surface area contributed by atoms with Gasteiger partial charge >= 0.3 is 13.8 Å². The first kappa shape index (κ1) is 26.7. The molecule has 10 heteroatoms. The maximum atomic E-state index is 11.6. The number of unbranched alkanes of at least 4 members (excludes halogenated alkanes) is 6. The molecule has 0 bridgehead atoms. The van der Waals surface area contributed by atoms with Crippen molar-refractivity contribution in [3.05, 3.63) is 0 Å². The van der Waals surface area contributed by atoms with Gasteiger partial charge in [-0.1, -0.05) is 51.9 Å². The molecule has 9 nitrogen and oxygen atoms in total. The van der Waals surface area contributed by atoms with Crippen LogP contribution in [0.2, 0.25) is 0 Å². The molecule has 2 rings (SSSR count). The van der Waals surface area contributed by atoms with Gasteiger partial charge in [-0.15, -0.1) is 0 Å². The average molecular weight is 467 g/mol. The van der Waals surface area contributed by atoms with Gasteiger partial charge < -0.3 is 29.1 Å². The number of rotatable bonds is 19. The molecule has 0 aromatic heterocycles. The molecule has 31 heavy (non-hydrogen) atoms. The molecular formula is C21H39O9P. The third kappa shape index (κ3) is 12.9. The molecule has 2 aliphatic heterocycles. The van der Waals surface area contributed by atoms with Crippen molar-refractivity contribution in [1.29, 1.82) is 0 Å². The standard InChI is InChI=1S/C21H39O9P/c1-2-3-7-10-17-19(29-17)13-20-18(30-20)11-8-5-4-6-9-12-21(23)27-14-16(22)15-28-31(24,25)26/h16-20,22H,2-15H2,1H3,(H2,24,25,26)/t16-,17-,18-,19+,20+/m0/s1. The SMILES string of the molecule is CCCCC[C@@H]1O[C@@H]1C[C@H]1O[C@H]1CCCCCCCC(=O)OC[C@H](O)COP(=O)(O)O. The molecule has 182 valence electrons. The van der Waals surface area contributed by atoms with Crippen LogP contribution in [0.3, 0.4) is 0 Å². The number of ether oxygens (including phenoxy) is 3. The fraction of sp³-hybridized carbons (Fsp3) is 0.952. The fourth-order valence-electron chi connectivity index (χ4n) is 3.74. The Morgan fingerprint density at radius 2 is 1.48 bits per heavy atom. The van der Waals surface area contributed by atoms with Gasteiger partial charge in [-0.25, -0.2) is 4.57 Å². The Bertz CT molecular complexity index is 567. The number of phosphoric acid groups is 1. The van der Waals surface area contributed by atoms with Gasteiger partial charge in [-0.2, -0.15) is 0 Å². The Morgan fingerprint density at radius 3 is 2.10 bits per heavy atom. The molecule has 2 fully saturated rings. The van der Waals surface area contributed by atoms with Crippen molar-refractivity contribution in [1.82, 2.24) is 0 Å². The zero-order valence-corrected chi connectivity index (χ0v) is 19.4. The first-order valence-corrected chi connectivity index (χ1v) is 13.2. The van der Waals surface area contributed by atoms with Crippen molar-refractivity contribution in [3.63, 3.8) is 0 Å². The highest BCUT2D eigenvalue weighted by atomic mass is 31.2. The van der Waals surface area contributed by atoms with E-state index in [9.17, 15) is 14.5 Å². The van der Waals surface area contributed by atoms with Crippen molar-refractivity contribution < 1.29 is 43.0 Å². The highest BCUT2D eigenvalue weighted by Gasteiger charge is 2.47. The van der Waals surface area contributed by atoms with Gasteiger partial charge in [0.25, 0.3) is 0 Å². The summed E-state index contributed by atoms with van der Waals surface area (Å²) in [6, 6.07) is 0. The van der Waals surface area contributed by atoms with Crippen LogP contribution in [0.25, 0.3) is 0 Å². The summed E-state index contributed by atoms with van der Waals surface area (Å²) in [5.74, 6) is -0.431. The molecule has 0 aliphatic carbocycles. The summed E-state index contributed by atoms with van der Waals surface area (Å²) in [4.78, 5) is 28.7. The van der Waals surface area contributed by atoms with Crippen LogP contribution in [0.1, 0.15) is 84.0 Å². The lowest BCUT2D eigenvalue weighted by Gasteiger charge is -2.12. The van der Waals surface area contributed by atoms with Crippen LogP contribution in [0.4, 0.5) is 0 Å². The quantitative estimate of drug-likeness (QED) is 0.113. The van der Waals surface area contributed by atoms with E-state index in [0.717, 1.165) is 44.9 Å². The van der Waals surface area contributed by atoms with Crippen LogP contribution < -0.4 is 0 Å². The molecule has 0 aromatic rings. The topological polar surface area (TPSA) is 138 Å². The molecule has 3 N–H and O–H groups in total. The van der Waals surface area contributed by atoms with E-state index in [-0.39, 0.29) is 13.0 Å². The van der Waals surface area contributed by atoms with E-state index in [2.05, 4.69) is 11.4 Å². The van der Waals surface area contributed by atoms with E-state index in [1.807, 2.05) is 0 Å². The van der Waals surface area contributed by atoms with Crippen molar-refractivity contribution >= 4 is 13.8 Å². The predicted molar refractivity (Wildman–Crippen MR) is 113 cm³/mol. The minimum Gasteiger partial charge on any atom is -0.463 e. The smallest absolute Gasteiger partial charge is 0.463 e. The molecule has 2 aliphatic rings. The third-order valence-electron chi connectivity index (χ3n) is 5.67. The minimum atomic E-state index is -4.63. The van der Waals surface area contributed by atoms with E-state index >= 15 is 0 Å². The number of hydrogen-bond acceptors (Lipinski definition) is 7. The monoisotopic (exact) mass is 466 g/mol. The van der Waals surface area contributed by atoms with E-state index in [1.54, 1.807) is 0 Å². The van der Waals surface area contributed by atoms with Crippen molar-refractivity contribution in [2.75, 3.05) is 13.2 Å². The van der Waals surface area contributed by atoms with Crippen LogP contribution in [-0.2, 0) is 28.1 Å². The number of carbonyl (C=O) groups is 1. The van der Waals surface area contributed by atoms with Gasteiger partial charge in [0.1, 0.15) is 12.7 Å². The summed E-state index contributed by atoms with van der Waals surface area (Å²) < 4.78 is 31.0. The fourth-order valence-corrected chi connectivity index (χ4v) is 4.11. The molecule has 0 spiro atoms. The summed E-state index contributed by atoms with van der Waals surface area (Å²) in [5.41, 5.74) is 0. The number of aliphatic hydroxyl groups is 1. The maximum Gasteiger partial charge on any atom is 0.469 e. The number of carbonyl (C=O) groups excluding carboxylic acids is 1. The van der Waals surface area contributed by atoms with Crippen LogP contribution >= 0.6 is 7.82 Å². The van der Waals surface area contributed by atoms with Gasteiger partial charge in [-0.3, -0.25) is 9.32 Å². The summed E-state index contributed by atoms with van der Waals surface area (Å²) in [6.45, 7) is 1.29. The first-order valence-electron chi connectivity index (χ1n) is 11.6. The number of esters is 1. The molecule has 2 saturated heterocycles. The Labute approximate surface area is 185 Å². The highest BCUT2D eigenvalue weighted by molar-refractivity contribution is 7.46. The predicted octanol–water partition coefficient (Wildman–Crippen LogP) is 3.24. The first-order chi connectivity index (χ1) is 14.8. The zero-order valence-electron chi connectivity index (χ0n) is 18.5. The summed E-state index contributed by atoms with van der Waals surface area (Å²) in [6.07, 6.45) is 12.8. The lowest BCUT2D eigenvalue weighted by Crippen LogP contribution is -2.23.